The van der Waals surface area contributed by atoms with Gasteiger partial charge in [0.2, 0.25) is 0 Å². The van der Waals surface area contributed by atoms with Gasteiger partial charge < -0.3 is 10.2 Å². The lowest BCUT2D eigenvalue weighted by Gasteiger charge is -2.38. The van der Waals surface area contributed by atoms with E-state index in [0.29, 0.717) is 12.0 Å². The molecule has 1 aliphatic carbocycles. The van der Waals surface area contributed by atoms with E-state index in [4.69, 9.17) is 0 Å². The average molecular weight is 304 g/mol. The summed E-state index contributed by atoms with van der Waals surface area (Å²) < 4.78 is 13.5. The molecule has 2 aliphatic rings. The van der Waals surface area contributed by atoms with Crippen LogP contribution in [0.5, 0.6) is 0 Å². The van der Waals surface area contributed by atoms with Crippen molar-refractivity contribution in [2.75, 3.05) is 26.2 Å². The normalized spacial score (nSPS) is 27.4. The van der Waals surface area contributed by atoms with Crippen LogP contribution in [0.15, 0.2) is 24.3 Å². The monoisotopic (exact) mass is 304 g/mol. The molecule has 0 amide bonds. The average Bonchev–Trinajstić information content (AvgIpc) is 3.06. The van der Waals surface area contributed by atoms with E-state index in [0.717, 1.165) is 44.1 Å². The van der Waals surface area contributed by atoms with Gasteiger partial charge in [-0.2, -0.15) is 0 Å². The molecule has 2 nitrogen and oxygen atoms in total. The topological polar surface area (TPSA) is 15.3 Å². The smallest absolute Gasteiger partial charge is 0.123 e. The standard InChI is InChI=1S/C19H29FN2/c1-2-22-13-17(16-8-5-9-18(20)10-16)11-19(14-22)21-12-15-6-3-4-7-15/h5,8-10,15,17,19,21H,2-4,6-7,11-14H2,1H3. The van der Waals surface area contributed by atoms with Crippen LogP contribution in [0.1, 0.15) is 50.5 Å². The number of hydrogen-bond donors (Lipinski definition) is 1. The number of nitrogens with zero attached hydrogens (tertiary/aromatic N) is 1. The summed E-state index contributed by atoms with van der Waals surface area (Å²) in [5.74, 6) is 1.22. The molecule has 1 aromatic rings. The van der Waals surface area contributed by atoms with Gasteiger partial charge in [0.25, 0.3) is 0 Å². The summed E-state index contributed by atoms with van der Waals surface area (Å²) in [5.41, 5.74) is 1.16. The van der Waals surface area contributed by atoms with Gasteiger partial charge in [0.05, 0.1) is 0 Å². The molecule has 1 N–H and O–H groups in total. The largest absolute Gasteiger partial charge is 0.312 e. The summed E-state index contributed by atoms with van der Waals surface area (Å²) in [6, 6.07) is 7.73. The fourth-order valence-corrected chi connectivity index (χ4v) is 4.15. The maximum absolute atomic E-state index is 13.5. The lowest BCUT2D eigenvalue weighted by atomic mass is 9.87. The van der Waals surface area contributed by atoms with Gasteiger partial charge in [0.1, 0.15) is 5.82 Å². The minimum atomic E-state index is -0.110. The number of benzene rings is 1. The minimum absolute atomic E-state index is 0.110. The van der Waals surface area contributed by atoms with Crippen LogP contribution in [0, 0.1) is 11.7 Å². The van der Waals surface area contributed by atoms with Crippen LogP contribution in [-0.4, -0.2) is 37.1 Å². The van der Waals surface area contributed by atoms with Crippen LogP contribution in [0.4, 0.5) is 4.39 Å². The van der Waals surface area contributed by atoms with E-state index in [1.807, 2.05) is 6.07 Å². The molecule has 0 aromatic heterocycles. The molecule has 1 aromatic carbocycles. The lowest BCUT2D eigenvalue weighted by Crippen LogP contribution is -2.49. The molecule has 1 saturated carbocycles. The fraction of sp³-hybridized carbons (Fsp3) is 0.684. The number of piperidine rings is 1. The van der Waals surface area contributed by atoms with Crippen molar-refractivity contribution in [3.8, 4) is 0 Å². The van der Waals surface area contributed by atoms with Gasteiger partial charge in [-0.3, -0.25) is 0 Å². The van der Waals surface area contributed by atoms with Crippen molar-refractivity contribution < 1.29 is 4.39 Å². The molecule has 22 heavy (non-hydrogen) atoms. The van der Waals surface area contributed by atoms with E-state index in [9.17, 15) is 4.39 Å². The molecular formula is C19H29FN2. The van der Waals surface area contributed by atoms with E-state index in [-0.39, 0.29) is 5.82 Å². The van der Waals surface area contributed by atoms with E-state index >= 15 is 0 Å². The fourth-order valence-electron chi connectivity index (χ4n) is 4.15. The second kappa shape index (κ2) is 7.56. The van der Waals surface area contributed by atoms with Crippen LogP contribution in [-0.2, 0) is 0 Å². The van der Waals surface area contributed by atoms with Gasteiger partial charge in [-0.25, -0.2) is 4.39 Å². The molecule has 1 saturated heterocycles. The quantitative estimate of drug-likeness (QED) is 0.890. The zero-order valence-corrected chi connectivity index (χ0v) is 13.7. The predicted octanol–water partition coefficient (Wildman–Crippen LogP) is 3.78. The summed E-state index contributed by atoms with van der Waals surface area (Å²) in [5, 5.41) is 3.81. The Morgan fingerprint density at radius 3 is 2.77 bits per heavy atom. The van der Waals surface area contributed by atoms with Crippen LogP contribution in [0.25, 0.3) is 0 Å². The van der Waals surface area contributed by atoms with Crippen molar-refractivity contribution in [3.05, 3.63) is 35.6 Å². The Hall–Kier alpha value is -0.930. The highest BCUT2D eigenvalue weighted by Crippen LogP contribution is 2.28. The Labute approximate surface area is 134 Å². The minimum Gasteiger partial charge on any atom is -0.312 e. The summed E-state index contributed by atoms with van der Waals surface area (Å²) in [4.78, 5) is 2.51. The number of nitrogens with one attached hydrogen (secondary N) is 1. The number of halogens is 1. The lowest BCUT2D eigenvalue weighted by molar-refractivity contribution is 0.175. The summed E-state index contributed by atoms with van der Waals surface area (Å²) >= 11 is 0. The highest BCUT2D eigenvalue weighted by molar-refractivity contribution is 5.22. The molecule has 2 fully saturated rings. The number of rotatable bonds is 5. The Bertz CT molecular complexity index is 470. The van der Waals surface area contributed by atoms with Crippen LogP contribution >= 0.6 is 0 Å². The SMILES string of the molecule is CCN1CC(NCC2CCCC2)CC(c2cccc(F)c2)C1. The van der Waals surface area contributed by atoms with Gasteiger partial charge in [-0.1, -0.05) is 31.9 Å². The van der Waals surface area contributed by atoms with Gasteiger partial charge >= 0.3 is 0 Å². The van der Waals surface area contributed by atoms with E-state index in [1.54, 1.807) is 12.1 Å². The number of likely N-dealkylation sites (N-methyl/N-ethyl adjacent to an activating group) is 1. The second-order valence-corrected chi connectivity index (χ2v) is 7.10. The van der Waals surface area contributed by atoms with E-state index in [1.165, 1.54) is 25.7 Å². The van der Waals surface area contributed by atoms with Gasteiger partial charge in [-0.15, -0.1) is 0 Å². The maximum atomic E-state index is 13.5. The summed E-state index contributed by atoms with van der Waals surface area (Å²) in [6.07, 6.45) is 6.73. The number of likely N-dealkylation sites (tertiary alicyclic amines) is 1. The zero-order chi connectivity index (χ0) is 15.4. The first-order valence-corrected chi connectivity index (χ1v) is 8.95. The molecule has 2 unspecified atom stereocenters. The molecule has 3 heteroatoms. The Balaban J connectivity index is 1.61. The molecule has 0 radical (unpaired) electrons. The molecule has 3 rings (SSSR count). The van der Waals surface area contributed by atoms with Crippen molar-refractivity contribution in [2.24, 2.45) is 5.92 Å². The molecular weight excluding hydrogens is 275 g/mol. The maximum Gasteiger partial charge on any atom is 0.123 e. The Kier molecular flexibility index (Phi) is 5.48. The zero-order valence-electron chi connectivity index (χ0n) is 13.7. The number of hydrogen-bond acceptors (Lipinski definition) is 2. The van der Waals surface area contributed by atoms with E-state index in [2.05, 4.69) is 23.2 Å². The van der Waals surface area contributed by atoms with Gasteiger partial charge in [0, 0.05) is 19.1 Å². The third kappa shape index (κ3) is 4.08. The molecule has 1 heterocycles. The van der Waals surface area contributed by atoms with Gasteiger partial charge in [0.15, 0.2) is 0 Å². The van der Waals surface area contributed by atoms with Crippen molar-refractivity contribution in [1.29, 1.82) is 0 Å². The second-order valence-electron chi connectivity index (χ2n) is 7.10. The summed E-state index contributed by atoms with van der Waals surface area (Å²) in [6.45, 7) is 6.66. The van der Waals surface area contributed by atoms with Crippen LogP contribution < -0.4 is 5.32 Å². The van der Waals surface area contributed by atoms with Crippen molar-refractivity contribution >= 4 is 0 Å². The predicted molar refractivity (Wildman–Crippen MR) is 89.6 cm³/mol. The third-order valence-corrected chi connectivity index (χ3v) is 5.46. The molecule has 0 bridgehead atoms. The third-order valence-electron chi connectivity index (χ3n) is 5.46. The van der Waals surface area contributed by atoms with Crippen LogP contribution in [0.3, 0.4) is 0 Å². The molecule has 0 spiro atoms. The van der Waals surface area contributed by atoms with Crippen molar-refractivity contribution in [1.82, 2.24) is 10.2 Å². The van der Waals surface area contributed by atoms with Crippen molar-refractivity contribution in [3.63, 3.8) is 0 Å². The van der Waals surface area contributed by atoms with Crippen LogP contribution in [0.2, 0.25) is 0 Å². The van der Waals surface area contributed by atoms with E-state index < -0.39 is 0 Å². The highest BCUT2D eigenvalue weighted by Gasteiger charge is 2.28. The first-order valence-electron chi connectivity index (χ1n) is 8.95. The Morgan fingerprint density at radius 1 is 1.23 bits per heavy atom. The van der Waals surface area contributed by atoms with Gasteiger partial charge in [-0.05, 0) is 61.9 Å². The molecule has 122 valence electrons. The highest BCUT2D eigenvalue weighted by atomic mass is 19.1. The molecule has 1 aliphatic heterocycles. The summed E-state index contributed by atoms with van der Waals surface area (Å²) in [7, 11) is 0. The molecule has 2 atom stereocenters. The first-order chi connectivity index (χ1) is 10.7. The first kappa shape index (κ1) is 15.9. The Morgan fingerprint density at radius 2 is 2.05 bits per heavy atom. The van der Waals surface area contributed by atoms with Crippen molar-refractivity contribution in [2.45, 2.75) is 51.0 Å².